The topological polar surface area (TPSA) is 54.5 Å². The standard InChI is InChI=1S/C30H36NO3P/c1-17-14-19(29(3,4)5)16-21(30(6,7)8)25(17)35(34)22-15-18(2)26(35)24-23(22)27(32)31(28(24)33)20-12-10-9-11-13-20/h9-16,22-24,26H,1-8H3/t22-,23-,24-,26+,35?/m0/s1. The third-order valence-corrected chi connectivity index (χ3v) is 12.4. The lowest BCUT2D eigenvalue weighted by atomic mass is 9.79. The largest absolute Gasteiger partial charge is 0.317 e. The molecule has 2 aromatic rings. The zero-order valence-corrected chi connectivity index (χ0v) is 22.9. The maximum atomic E-state index is 15.4. The van der Waals surface area contributed by atoms with Crippen molar-refractivity contribution in [3.05, 3.63) is 70.8 Å². The lowest BCUT2D eigenvalue weighted by Crippen LogP contribution is -2.36. The van der Waals surface area contributed by atoms with Crippen LogP contribution in [0.4, 0.5) is 5.69 Å². The molecule has 2 aromatic carbocycles. The summed E-state index contributed by atoms with van der Waals surface area (Å²) in [6, 6.07) is 13.5. The predicted molar refractivity (Wildman–Crippen MR) is 143 cm³/mol. The molecular weight excluding hydrogens is 453 g/mol. The maximum absolute atomic E-state index is 15.4. The molecule has 0 spiro atoms. The van der Waals surface area contributed by atoms with Crippen molar-refractivity contribution in [2.45, 2.75) is 77.5 Å². The number of benzene rings is 2. The summed E-state index contributed by atoms with van der Waals surface area (Å²) in [6.45, 7) is 17.1. The zero-order chi connectivity index (χ0) is 25.7. The van der Waals surface area contributed by atoms with Crippen LogP contribution in [0.3, 0.4) is 0 Å². The quantitative estimate of drug-likeness (QED) is 0.291. The number of allylic oxidation sites excluding steroid dienone is 2. The Hall–Kier alpha value is -2.45. The van der Waals surface area contributed by atoms with Crippen LogP contribution in [0.1, 0.15) is 65.2 Å². The van der Waals surface area contributed by atoms with Crippen LogP contribution >= 0.6 is 7.14 Å². The van der Waals surface area contributed by atoms with Crippen LogP contribution < -0.4 is 10.2 Å². The molecule has 0 saturated carbocycles. The van der Waals surface area contributed by atoms with Crippen LogP contribution in [0.15, 0.2) is 54.1 Å². The Morgan fingerprint density at radius 1 is 0.829 bits per heavy atom. The van der Waals surface area contributed by atoms with Gasteiger partial charge in [-0.3, -0.25) is 9.59 Å². The van der Waals surface area contributed by atoms with E-state index in [1.54, 1.807) is 12.1 Å². The molecule has 1 unspecified atom stereocenters. The summed E-state index contributed by atoms with van der Waals surface area (Å²) in [5.74, 6) is -1.52. The number of carbonyl (C=O) groups excluding carboxylic acids is 2. The van der Waals surface area contributed by atoms with Crippen LogP contribution in [-0.4, -0.2) is 23.1 Å². The van der Waals surface area contributed by atoms with Gasteiger partial charge < -0.3 is 4.57 Å². The SMILES string of the molecule is CC1=C[C@H]2[C@@H]3C(=O)N(c4ccccc4)C(=O)[C@@H]3[C@@H]1P2(=O)c1c(C)cc(C(C)(C)C)cc1C(C)(C)C. The van der Waals surface area contributed by atoms with E-state index in [1.807, 2.05) is 25.1 Å². The molecular formula is C30H36NO3P. The van der Waals surface area contributed by atoms with E-state index in [9.17, 15) is 9.59 Å². The number of aryl methyl sites for hydroxylation is 1. The molecule has 3 heterocycles. The lowest BCUT2D eigenvalue weighted by molar-refractivity contribution is -0.122. The minimum atomic E-state index is -3.12. The van der Waals surface area contributed by atoms with Gasteiger partial charge in [0.1, 0.15) is 7.14 Å². The summed E-state index contributed by atoms with van der Waals surface area (Å²) in [5.41, 5.74) is 3.81. The highest BCUT2D eigenvalue weighted by atomic mass is 31.2. The average Bonchev–Trinajstić information content (AvgIpc) is 3.27. The minimum absolute atomic E-state index is 0.0424. The molecule has 5 atom stereocenters. The van der Waals surface area contributed by atoms with Crippen LogP contribution in [0.25, 0.3) is 0 Å². The Bertz CT molecular complexity index is 1330. The van der Waals surface area contributed by atoms with Gasteiger partial charge in [0.25, 0.3) is 0 Å². The molecule has 5 heteroatoms. The van der Waals surface area contributed by atoms with Gasteiger partial charge in [-0.1, -0.05) is 83.5 Å². The van der Waals surface area contributed by atoms with E-state index in [0.717, 1.165) is 22.0 Å². The number of imide groups is 1. The fraction of sp³-hybridized carbons (Fsp3) is 0.467. The Morgan fingerprint density at radius 2 is 1.43 bits per heavy atom. The number of rotatable bonds is 2. The average molecular weight is 490 g/mol. The molecule has 0 aliphatic carbocycles. The number of hydrogen-bond acceptors (Lipinski definition) is 3. The predicted octanol–water partition coefficient (Wildman–Crippen LogP) is 6.09. The molecule has 3 aliphatic heterocycles. The molecule has 2 amide bonds. The van der Waals surface area contributed by atoms with Crippen LogP contribution in [-0.2, 0) is 25.0 Å². The van der Waals surface area contributed by atoms with Gasteiger partial charge in [0.2, 0.25) is 11.8 Å². The number of amides is 2. The van der Waals surface area contributed by atoms with Crippen molar-refractivity contribution in [2.24, 2.45) is 11.8 Å². The van der Waals surface area contributed by atoms with Crippen molar-refractivity contribution < 1.29 is 14.2 Å². The number of anilines is 1. The molecule has 2 saturated heterocycles. The van der Waals surface area contributed by atoms with Crippen molar-refractivity contribution in [3.8, 4) is 0 Å². The molecule has 184 valence electrons. The van der Waals surface area contributed by atoms with Gasteiger partial charge in [-0.05, 0) is 53.5 Å². The summed E-state index contributed by atoms with van der Waals surface area (Å²) >= 11 is 0. The number of hydrogen-bond donors (Lipinski definition) is 0. The molecule has 2 bridgehead atoms. The normalized spacial score (nSPS) is 30.2. The molecule has 0 radical (unpaired) electrons. The van der Waals surface area contributed by atoms with Gasteiger partial charge >= 0.3 is 0 Å². The van der Waals surface area contributed by atoms with E-state index in [1.165, 1.54) is 10.5 Å². The molecule has 35 heavy (non-hydrogen) atoms. The van der Waals surface area contributed by atoms with Crippen molar-refractivity contribution in [1.82, 2.24) is 0 Å². The van der Waals surface area contributed by atoms with E-state index in [4.69, 9.17) is 0 Å². The number of para-hydroxylation sites is 1. The van der Waals surface area contributed by atoms with E-state index >= 15 is 4.57 Å². The number of nitrogens with zero attached hydrogens (tertiary/aromatic N) is 1. The van der Waals surface area contributed by atoms with Crippen molar-refractivity contribution in [1.29, 1.82) is 0 Å². The second-order valence-electron chi connectivity index (χ2n) is 12.6. The molecule has 0 N–H and O–H groups in total. The third kappa shape index (κ3) is 3.29. The Balaban J connectivity index is 1.69. The van der Waals surface area contributed by atoms with E-state index in [0.29, 0.717) is 5.69 Å². The summed E-state index contributed by atoms with van der Waals surface area (Å²) < 4.78 is 15.4. The second-order valence-corrected chi connectivity index (χ2v) is 15.7. The van der Waals surface area contributed by atoms with Gasteiger partial charge in [0, 0.05) is 11.0 Å². The summed E-state index contributed by atoms with van der Waals surface area (Å²) in [5, 5.41) is 0.905. The van der Waals surface area contributed by atoms with Crippen LogP contribution in [0.5, 0.6) is 0 Å². The first-order valence-electron chi connectivity index (χ1n) is 12.6. The molecule has 0 aromatic heterocycles. The fourth-order valence-corrected chi connectivity index (χ4v) is 11.7. The summed E-state index contributed by atoms with van der Waals surface area (Å²) in [6.07, 6.45) is 2.05. The van der Waals surface area contributed by atoms with Gasteiger partial charge in [0.05, 0.1) is 23.2 Å². The lowest BCUT2D eigenvalue weighted by Gasteiger charge is -2.34. The van der Waals surface area contributed by atoms with Gasteiger partial charge in [0.15, 0.2) is 0 Å². The smallest absolute Gasteiger partial charge is 0.238 e. The maximum Gasteiger partial charge on any atom is 0.238 e. The zero-order valence-electron chi connectivity index (χ0n) is 22.0. The third-order valence-electron chi connectivity index (χ3n) is 8.20. The monoisotopic (exact) mass is 489 g/mol. The fourth-order valence-electron chi connectivity index (χ4n) is 6.60. The Labute approximate surface area is 209 Å². The van der Waals surface area contributed by atoms with Gasteiger partial charge in [-0.15, -0.1) is 0 Å². The molecule has 2 fully saturated rings. The highest BCUT2D eigenvalue weighted by Crippen LogP contribution is 2.75. The Morgan fingerprint density at radius 3 is 2.00 bits per heavy atom. The first kappa shape index (κ1) is 24.3. The minimum Gasteiger partial charge on any atom is -0.317 e. The summed E-state index contributed by atoms with van der Waals surface area (Å²) in [7, 11) is -3.12. The van der Waals surface area contributed by atoms with Gasteiger partial charge in [-0.2, -0.15) is 0 Å². The first-order valence-corrected chi connectivity index (χ1v) is 14.4. The van der Waals surface area contributed by atoms with Crippen molar-refractivity contribution >= 4 is 29.9 Å². The highest BCUT2D eigenvalue weighted by molar-refractivity contribution is 7.74. The first-order chi connectivity index (χ1) is 16.2. The van der Waals surface area contributed by atoms with Crippen LogP contribution in [0.2, 0.25) is 0 Å². The molecule has 3 aliphatic rings. The van der Waals surface area contributed by atoms with E-state index in [2.05, 4.69) is 66.7 Å². The number of fused-ring (bicyclic) bond motifs is 5. The number of carbonyl (C=O) groups is 2. The van der Waals surface area contributed by atoms with Crippen molar-refractivity contribution in [3.63, 3.8) is 0 Å². The van der Waals surface area contributed by atoms with Gasteiger partial charge in [-0.25, -0.2) is 4.90 Å². The van der Waals surface area contributed by atoms with E-state index in [-0.39, 0.29) is 22.6 Å². The molecule has 4 nitrogen and oxygen atoms in total. The summed E-state index contributed by atoms with van der Waals surface area (Å²) in [4.78, 5) is 28.8. The second kappa shape index (κ2) is 7.53. The Kier molecular flexibility index (Phi) is 5.22. The highest BCUT2D eigenvalue weighted by Gasteiger charge is 2.71. The van der Waals surface area contributed by atoms with Crippen LogP contribution in [0, 0.1) is 18.8 Å². The van der Waals surface area contributed by atoms with Crippen molar-refractivity contribution in [2.75, 3.05) is 4.90 Å². The van der Waals surface area contributed by atoms with E-state index < -0.39 is 30.3 Å². The molecule has 5 rings (SSSR count).